The van der Waals surface area contributed by atoms with E-state index >= 15 is 0 Å². The second-order valence-electron chi connectivity index (χ2n) is 4.36. The fraction of sp³-hybridized carbons (Fsp3) is 0. The lowest BCUT2D eigenvalue weighted by atomic mass is 10.1. The zero-order valence-electron chi connectivity index (χ0n) is 11.4. The first-order chi connectivity index (χ1) is 10.9. The topological polar surface area (TPSA) is 52.9 Å². The number of carbonyl (C=O) groups is 1. The van der Waals surface area contributed by atoms with Crippen LogP contribution in [0.3, 0.4) is 0 Å². The van der Waals surface area contributed by atoms with Crippen LogP contribution in [0.15, 0.2) is 42.0 Å². The molecule has 116 valence electrons. The molecule has 1 N–H and O–H groups in total. The maximum absolute atomic E-state index is 12.3. The number of nitrogens with zero attached hydrogens (tertiary/aromatic N) is 1. The van der Waals surface area contributed by atoms with Crippen molar-refractivity contribution in [2.45, 2.75) is 0 Å². The Morgan fingerprint density at radius 1 is 0.957 bits per heavy atom. The van der Waals surface area contributed by atoms with Crippen LogP contribution in [0, 0.1) is 11.3 Å². The molecule has 0 radical (unpaired) electrons. The van der Waals surface area contributed by atoms with E-state index in [4.69, 9.17) is 46.4 Å². The molecule has 0 aliphatic heterocycles. The maximum atomic E-state index is 12.3. The SMILES string of the molecule is N#C/C(=C\c1c(Cl)cccc1Cl)C(=O)Nc1c(Cl)cccc1Cl. The molecule has 0 aromatic heterocycles. The molecule has 2 rings (SSSR count). The summed E-state index contributed by atoms with van der Waals surface area (Å²) in [6.45, 7) is 0. The number of nitriles is 1. The molecule has 2 aromatic carbocycles. The summed E-state index contributed by atoms with van der Waals surface area (Å²) in [4.78, 5) is 12.3. The fourth-order valence-electron chi connectivity index (χ4n) is 1.74. The summed E-state index contributed by atoms with van der Waals surface area (Å²) in [5.74, 6) is -0.668. The number of benzene rings is 2. The molecule has 0 aliphatic rings. The van der Waals surface area contributed by atoms with Crippen molar-refractivity contribution >= 4 is 64.1 Å². The van der Waals surface area contributed by atoms with Crippen LogP contribution in [-0.4, -0.2) is 5.91 Å². The summed E-state index contributed by atoms with van der Waals surface area (Å²) in [5, 5.41) is 12.9. The third kappa shape index (κ3) is 4.19. The van der Waals surface area contributed by atoms with E-state index in [0.717, 1.165) is 0 Å². The number of hydrogen-bond acceptors (Lipinski definition) is 2. The zero-order valence-corrected chi connectivity index (χ0v) is 14.4. The normalized spacial score (nSPS) is 11.0. The van der Waals surface area contributed by atoms with E-state index in [-0.39, 0.29) is 21.3 Å². The average Bonchev–Trinajstić information content (AvgIpc) is 2.51. The van der Waals surface area contributed by atoms with Crippen molar-refractivity contribution in [1.29, 1.82) is 5.26 Å². The molecule has 23 heavy (non-hydrogen) atoms. The van der Waals surface area contributed by atoms with Crippen LogP contribution in [0.25, 0.3) is 6.08 Å². The van der Waals surface area contributed by atoms with Gasteiger partial charge in [0.2, 0.25) is 0 Å². The van der Waals surface area contributed by atoms with Crippen molar-refractivity contribution in [3.05, 3.63) is 67.6 Å². The molecule has 7 heteroatoms. The van der Waals surface area contributed by atoms with E-state index in [1.54, 1.807) is 36.4 Å². The van der Waals surface area contributed by atoms with Gasteiger partial charge in [-0.25, -0.2) is 0 Å². The number of para-hydroxylation sites is 1. The summed E-state index contributed by atoms with van der Waals surface area (Å²) in [5.41, 5.74) is 0.427. The largest absolute Gasteiger partial charge is 0.319 e. The van der Waals surface area contributed by atoms with Gasteiger partial charge in [0.15, 0.2) is 0 Å². The van der Waals surface area contributed by atoms with Crippen molar-refractivity contribution < 1.29 is 4.79 Å². The molecule has 0 spiro atoms. The molecule has 3 nitrogen and oxygen atoms in total. The van der Waals surface area contributed by atoms with Crippen molar-refractivity contribution in [3.63, 3.8) is 0 Å². The standard InChI is InChI=1S/C16H8Cl4N2O/c17-11-3-1-4-12(18)10(11)7-9(8-21)16(23)22-15-13(19)5-2-6-14(15)20/h1-7H,(H,22,23)/b9-7+. The van der Waals surface area contributed by atoms with Crippen molar-refractivity contribution in [2.75, 3.05) is 5.32 Å². The highest BCUT2D eigenvalue weighted by Crippen LogP contribution is 2.31. The van der Waals surface area contributed by atoms with Crippen LogP contribution >= 0.6 is 46.4 Å². The third-order valence-corrected chi connectivity index (χ3v) is 4.14. The first-order valence-electron chi connectivity index (χ1n) is 6.25. The summed E-state index contributed by atoms with van der Waals surface area (Å²) >= 11 is 24.0. The molecule has 1 amide bonds. The maximum Gasteiger partial charge on any atom is 0.266 e. The predicted molar refractivity (Wildman–Crippen MR) is 95.1 cm³/mol. The van der Waals surface area contributed by atoms with Gasteiger partial charge in [-0.3, -0.25) is 4.79 Å². The highest BCUT2D eigenvalue weighted by Gasteiger charge is 2.15. The lowest BCUT2D eigenvalue weighted by Gasteiger charge is -2.09. The first-order valence-corrected chi connectivity index (χ1v) is 7.76. The highest BCUT2D eigenvalue weighted by atomic mass is 35.5. The van der Waals surface area contributed by atoms with Gasteiger partial charge in [-0.15, -0.1) is 0 Å². The van der Waals surface area contributed by atoms with E-state index in [1.807, 2.05) is 6.07 Å². The predicted octanol–water partition coefficient (Wildman–Crippen LogP) is 5.85. The van der Waals surface area contributed by atoms with Gasteiger partial charge in [-0.2, -0.15) is 5.26 Å². The minimum atomic E-state index is -0.668. The van der Waals surface area contributed by atoms with Crippen LogP contribution in [-0.2, 0) is 4.79 Å². The number of amides is 1. The molecular formula is C16H8Cl4N2O. The Morgan fingerprint density at radius 2 is 1.43 bits per heavy atom. The quantitative estimate of drug-likeness (QED) is 0.532. The van der Waals surface area contributed by atoms with Gasteiger partial charge in [0, 0.05) is 15.6 Å². The molecule has 0 heterocycles. The molecule has 0 saturated carbocycles. The first kappa shape index (κ1) is 17.7. The summed E-state index contributed by atoms with van der Waals surface area (Å²) < 4.78 is 0. The smallest absolute Gasteiger partial charge is 0.266 e. The Bertz CT molecular complexity index is 800. The monoisotopic (exact) mass is 384 g/mol. The molecule has 0 bridgehead atoms. The van der Waals surface area contributed by atoms with Crippen LogP contribution in [0.1, 0.15) is 5.56 Å². The van der Waals surface area contributed by atoms with E-state index < -0.39 is 5.91 Å². The number of halogens is 4. The lowest BCUT2D eigenvalue weighted by molar-refractivity contribution is -0.112. The molecule has 0 unspecified atom stereocenters. The Morgan fingerprint density at radius 3 is 1.91 bits per heavy atom. The van der Waals surface area contributed by atoms with E-state index in [2.05, 4.69) is 5.32 Å². The Hall–Kier alpha value is -1.70. The number of carbonyl (C=O) groups excluding carboxylic acids is 1. The number of rotatable bonds is 3. The Labute approximate surface area is 153 Å². The lowest BCUT2D eigenvalue weighted by Crippen LogP contribution is -2.14. The van der Waals surface area contributed by atoms with Crippen LogP contribution in [0.5, 0.6) is 0 Å². The molecule has 0 fully saturated rings. The number of nitrogens with one attached hydrogen (secondary N) is 1. The van der Waals surface area contributed by atoms with Gasteiger partial charge in [0.05, 0.1) is 15.7 Å². The average molecular weight is 386 g/mol. The Balaban J connectivity index is 2.37. The van der Waals surface area contributed by atoms with E-state index in [9.17, 15) is 10.1 Å². The minimum absolute atomic E-state index is 0.184. The van der Waals surface area contributed by atoms with Gasteiger partial charge in [0.1, 0.15) is 11.6 Å². The summed E-state index contributed by atoms with van der Waals surface area (Å²) in [6.07, 6.45) is 1.31. The van der Waals surface area contributed by atoms with Crippen LogP contribution in [0.2, 0.25) is 20.1 Å². The van der Waals surface area contributed by atoms with Gasteiger partial charge in [0.25, 0.3) is 5.91 Å². The van der Waals surface area contributed by atoms with Crippen molar-refractivity contribution in [2.24, 2.45) is 0 Å². The number of anilines is 1. The summed E-state index contributed by atoms with van der Waals surface area (Å²) in [6, 6.07) is 11.5. The van der Waals surface area contributed by atoms with Gasteiger partial charge in [-0.05, 0) is 30.3 Å². The van der Waals surface area contributed by atoms with Crippen LogP contribution < -0.4 is 5.32 Å². The second-order valence-corrected chi connectivity index (χ2v) is 5.98. The van der Waals surface area contributed by atoms with Gasteiger partial charge < -0.3 is 5.32 Å². The van der Waals surface area contributed by atoms with Gasteiger partial charge in [-0.1, -0.05) is 58.5 Å². The zero-order chi connectivity index (χ0) is 17.0. The molecule has 2 aromatic rings. The van der Waals surface area contributed by atoms with E-state index in [1.165, 1.54) is 6.08 Å². The third-order valence-electron chi connectivity index (χ3n) is 2.85. The van der Waals surface area contributed by atoms with E-state index in [0.29, 0.717) is 15.6 Å². The molecule has 0 saturated heterocycles. The number of hydrogen-bond donors (Lipinski definition) is 1. The Kier molecular flexibility index (Phi) is 5.92. The second kappa shape index (κ2) is 7.72. The minimum Gasteiger partial charge on any atom is -0.319 e. The van der Waals surface area contributed by atoms with Crippen molar-refractivity contribution in [1.82, 2.24) is 0 Å². The highest BCUT2D eigenvalue weighted by molar-refractivity contribution is 6.40. The fourth-order valence-corrected chi connectivity index (χ4v) is 2.74. The molecule has 0 atom stereocenters. The van der Waals surface area contributed by atoms with Gasteiger partial charge >= 0.3 is 0 Å². The van der Waals surface area contributed by atoms with Crippen molar-refractivity contribution in [3.8, 4) is 6.07 Å². The van der Waals surface area contributed by atoms with Crippen LogP contribution in [0.4, 0.5) is 5.69 Å². The summed E-state index contributed by atoms with van der Waals surface area (Å²) in [7, 11) is 0. The molecular weight excluding hydrogens is 378 g/mol. The molecule has 0 aliphatic carbocycles.